The van der Waals surface area contributed by atoms with Crippen LogP contribution >= 0.6 is 0 Å². The monoisotopic (exact) mass is 452 g/mol. The van der Waals surface area contributed by atoms with E-state index in [1.165, 1.54) is 12.1 Å². The number of ether oxygens (including phenoxy) is 1. The third-order valence-electron chi connectivity index (χ3n) is 5.15. The summed E-state index contributed by atoms with van der Waals surface area (Å²) in [6.07, 6.45) is 0.920. The number of anilines is 2. The average Bonchev–Trinajstić information content (AvgIpc) is 2.77. The first-order valence-corrected chi connectivity index (χ1v) is 11.9. The van der Waals surface area contributed by atoms with Gasteiger partial charge in [-0.15, -0.1) is 0 Å². The van der Waals surface area contributed by atoms with Gasteiger partial charge in [0, 0.05) is 11.3 Å². The van der Waals surface area contributed by atoms with Gasteiger partial charge in [0.2, 0.25) is 0 Å². The number of para-hydroxylation sites is 1. The van der Waals surface area contributed by atoms with Crippen molar-refractivity contribution in [3.63, 3.8) is 0 Å². The zero-order valence-corrected chi connectivity index (χ0v) is 19.5. The molecule has 0 spiro atoms. The summed E-state index contributed by atoms with van der Waals surface area (Å²) in [5, 5.41) is 2.79. The second kappa shape index (κ2) is 9.87. The Morgan fingerprint density at radius 2 is 1.59 bits per heavy atom. The third kappa shape index (κ3) is 5.68. The molecule has 0 fully saturated rings. The summed E-state index contributed by atoms with van der Waals surface area (Å²) in [5.74, 6) is 0.329. The van der Waals surface area contributed by atoms with E-state index in [9.17, 15) is 13.2 Å². The van der Waals surface area contributed by atoms with Gasteiger partial charge in [-0.3, -0.25) is 9.52 Å². The maximum atomic E-state index is 12.8. The molecule has 6 nitrogen and oxygen atoms in total. The lowest BCUT2D eigenvalue weighted by atomic mass is 10.1. The molecular weight excluding hydrogens is 424 g/mol. The van der Waals surface area contributed by atoms with E-state index in [0.29, 0.717) is 22.7 Å². The fraction of sp³-hybridized carbons (Fsp3) is 0.240. The van der Waals surface area contributed by atoms with Gasteiger partial charge in [-0.2, -0.15) is 0 Å². The quantitative estimate of drug-likeness (QED) is 0.470. The Morgan fingerprint density at radius 1 is 0.969 bits per heavy atom. The number of sulfonamides is 1. The number of benzene rings is 3. The fourth-order valence-electron chi connectivity index (χ4n) is 3.12. The molecule has 3 aromatic rings. The van der Waals surface area contributed by atoms with Crippen molar-refractivity contribution in [1.29, 1.82) is 0 Å². The molecule has 32 heavy (non-hydrogen) atoms. The standard InChI is InChI=1S/C25H28N2O4S/c1-5-19(4)31-22-11-7-10-20(16-22)25(28)26-21-12-14-23(15-13-21)32(29,30)27-24-17(2)8-6-9-18(24)3/h6-16,19,27H,5H2,1-4H3,(H,26,28). The number of rotatable bonds is 8. The smallest absolute Gasteiger partial charge is 0.261 e. The number of carbonyl (C=O) groups excluding carboxylic acids is 1. The molecular formula is C25H28N2O4S. The highest BCUT2D eigenvalue weighted by Gasteiger charge is 2.17. The SMILES string of the molecule is CCC(C)Oc1cccc(C(=O)Nc2ccc(S(=O)(=O)Nc3c(C)cccc3C)cc2)c1. The first-order valence-electron chi connectivity index (χ1n) is 10.5. The summed E-state index contributed by atoms with van der Waals surface area (Å²) < 4.78 is 34.0. The second-order valence-corrected chi connectivity index (χ2v) is 9.40. The summed E-state index contributed by atoms with van der Waals surface area (Å²) in [5.41, 5.74) is 3.21. The van der Waals surface area contributed by atoms with Gasteiger partial charge in [0.05, 0.1) is 16.7 Å². The van der Waals surface area contributed by atoms with Crippen LogP contribution in [0, 0.1) is 13.8 Å². The van der Waals surface area contributed by atoms with Crippen LogP contribution in [0.5, 0.6) is 5.75 Å². The maximum absolute atomic E-state index is 12.8. The normalized spacial score (nSPS) is 12.1. The van der Waals surface area contributed by atoms with E-state index in [1.54, 1.807) is 30.3 Å². The Bertz CT molecular complexity index is 1180. The molecule has 0 heterocycles. The van der Waals surface area contributed by atoms with Gasteiger partial charge in [-0.25, -0.2) is 8.42 Å². The molecule has 7 heteroatoms. The van der Waals surface area contributed by atoms with Crippen molar-refractivity contribution in [2.75, 3.05) is 10.0 Å². The Morgan fingerprint density at radius 3 is 2.22 bits per heavy atom. The fourth-order valence-corrected chi connectivity index (χ4v) is 4.32. The molecule has 0 aliphatic heterocycles. The molecule has 3 rings (SSSR count). The van der Waals surface area contributed by atoms with Gasteiger partial charge in [-0.1, -0.05) is 31.2 Å². The Hall–Kier alpha value is -3.32. The first kappa shape index (κ1) is 23.3. The molecule has 0 bridgehead atoms. The van der Waals surface area contributed by atoms with E-state index >= 15 is 0 Å². The molecule has 3 aromatic carbocycles. The minimum absolute atomic E-state index is 0.0554. The first-order chi connectivity index (χ1) is 15.2. The number of amides is 1. The molecule has 0 radical (unpaired) electrons. The molecule has 1 atom stereocenters. The van der Waals surface area contributed by atoms with E-state index in [4.69, 9.17) is 4.74 Å². The van der Waals surface area contributed by atoms with Crippen LogP contribution in [0.3, 0.4) is 0 Å². The molecule has 1 unspecified atom stereocenters. The van der Waals surface area contributed by atoms with Crippen molar-refractivity contribution < 1.29 is 17.9 Å². The van der Waals surface area contributed by atoms with Crippen molar-refractivity contribution >= 4 is 27.3 Å². The van der Waals surface area contributed by atoms with Gasteiger partial charge >= 0.3 is 0 Å². The predicted octanol–water partition coefficient (Wildman–Crippen LogP) is 5.53. The van der Waals surface area contributed by atoms with Gasteiger partial charge in [0.1, 0.15) is 5.75 Å². The van der Waals surface area contributed by atoms with E-state index < -0.39 is 10.0 Å². The number of hydrogen-bond acceptors (Lipinski definition) is 4. The van der Waals surface area contributed by atoms with E-state index in [-0.39, 0.29) is 16.9 Å². The van der Waals surface area contributed by atoms with Crippen molar-refractivity contribution in [3.05, 3.63) is 83.4 Å². The lowest BCUT2D eigenvalue weighted by Gasteiger charge is -2.14. The lowest BCUT2D eigenvalue weighted by Crippen LogP contribution is -2.15. The Labute approximate surface area is 189 Å². The molecule has 0 aliphatic rings. The topological polar surface area (TPSA) is 84.5 Å². The Kier molecular flexibility index (Phi) is 7.20. The van der Waals surface area contributed by atoms with Gasteiger partial charge in [-0.05, 0) is 80.8 Å². The second-order valence-electron chi connectivity index (χ2n) is 7.72. The van der Waals surface area contributed by atoms with Gasteiger partial charge < -0.3 is 10.1 Å². The highest BCUT2D eigenvalue weighted by atomic mass is 32.2. The highest BCUT2D eigenvalue weighted by molar-refractivity contribution is 7.92. The number of hydrogen-bond donors (Lipinski definition) is 2. The van der Waals surface area contributed by atoms with E-state index in [1.807, 2.05) is 52.0 Å². The molecule has 0 saturated heterocycles. The molecule has 0 aliphatic carbocycles. The van der Waals surface area contributed by atoms with Crippen molar-refractivity contribution in [1.82, 2.24) is 0 Å². The number of carbonyl (C=O) groups is 1. The van der Waals surface area contributed by atoms with Gasteiger partial charge in [0.15, 0.2) is 0 Å². The molecule has 168 valence electrons. The van der Waals surface area contributed by atoms with Crippen molar-refractivity contribution in [2.45, 2.75) is 45.1 Å². The zero-order chi connectivity index (χ0) is 23.3. The van der Waals surface area contributed by atoms with Crippen LogP contribution in [0.2, 0.25) is 0 Å². The summed E-state index contributed by atoms with van der Waals surface area (Å²) in [6, 6.07) is 18.6. The predicted molar refractivity (Wildman–Crippen MR) is 128 cm³/mol. The summed E-state index contributed by atoms with van der Waals surface area (Å²) in [7, 11) is -3.75. The van der Waals surface area contributed by atoms with Gasteiger partial charge in [0.25, 0.3) is 15.9 Å². The molecule has 2 N–H and O–H groups in total. The van der Waals surface area contributed by atoms with E-state index in [2.05, 4.69) is 10.0 Å². The summed E-state index contributed by atoms with van der Waals surface area (Å²) in [6.45, 7) is 7.71. The summed E-state index contributed by atoms with van der Waals surface area (Å²) in [4.78, 5) is 12.7. The third-order valence-corrected chi connectivity index (χ3v) is 6.51. The lowest BCUT2D eigenvalue weighted by molar-refractivity contribution is 0.102. The zero-order valence-electron chi connectivity index (χ0n) is 18.7. The number of aryl methyl sites for hydroxylation is 2. The minimum Gasteiger partial charge on any atom is -0.491 e. The van der Waals surface area contributed by atoms with Crippen LogP contribution in [0.25, 0.3) is 0 Å². The number of nitrogens with one attached hydrogen (secondary N) is 2. The minimum atomic E-state index is -3.75. The highest BCUT2D eigenvalue weighted by Crippen LogP contribution is 2.24. The molecule has 1 amide bonds. The van der Waals surface area contributed by atoms with Crippen LogP contribution in [-0.4, -0.2) is 20.4 Å². The van der Waals surface area contributed by atoms with Crippen molar-refractivity contribution in [2.24, 2.45) is 0 Å². The van der Waals surface area contributed by atoms with Crippen LogP contribution < -0.4 is 14.8 Å². The molecule has 0 aromatic heterocycles. The summed E-state index contributed by atoms with van der Waals surface area (Å²) >= 11 is 0. The van der Waals surface area contributed by atoms with E-state index in [0.717, 1.165) is 17.5 Å². The van der Waals surface area contributed by atoms with Crippen LogP contribution in [0.4, 0.5) is 11.4 Å². The maximum Gasteiger partial charge on any atom is 0.261 e. The molecule has 0 saturated carbocycles. The average molecular weight is 453 g/mol. The van der Waals surface area contributed by atoms with Crippen molar-refractivity contribution in [3.8, 4) is 5.75 Å². The largest absolute Gasteiger partial charge is 0.491 e. The van der Waals surface area contributed by atoms with Crippen LogP contribution in [0.15, 0.2) is 71.6 Å². The Balaban J connectivity index is 1.72. The van der Waals surface area contributed by atoms with Crippen LogP contribution in [0.1, 0.15) is 41.8 Å². The van der Waals surface area contributed by atoms with Crippen LogP contribution in [-0.2, 0) is 10.0 Å².